The van der Waals surface area contributed by atoms with Gasteiger partial charge in [-0.05, 0) is 37.5 Å². The Bertz CT molecular complexity index is 227. The summed E-state index contributed by atoms with van der Waals surface area (Å²) in [4.78, 5) is 0. The minimum atomic E-state index is 0.130. The Morgan fingerprint density at radius 2 is 2.07 bits per heavy atom. The highest BCUT2D eigenvalue weighted by Crippen LogP contribution is 2.32. The topological polar surface area (TPSA) is 35.8 Å². The number of rotatable bonds is 3. The maximum atomic E-state index is 9.13. The first-order valence-electron chi connectivity index (χ1n) is 5.95. The first-order chi connectivity index (χ1) is 6.79. The first kappa shape index (κ1) is 9.98. The van der Waals surface area contributed by atoms with Crippen molar-refractivity contribution in [1.82, 2.24) is 5.32 Å². The van der Waals surface area contributed by atoms with Crippen molar-refractivity contribution in [2.45, 2.75) is 57.5 Å². The third kappa shape index (κ3) is 2.48. The quantitative estimate of drug-likeness (QED) is 0.745. The molecule has 0 aliphatic heterocycles. The van der Waals surface area contributed by atoms with Crippen LogP contribution in [0.25, 0.3) is 0 Å². The number of hydrogen-bond acceptors (Lipinski definition) is 2. The van der Waals surface area contributed by atoms with Crippen molar-refractivity contribution in [2.24, 2.45) is 11.8 Å². The second-order valence-corrected chi connectivity index (χ2v) is 5.08. The molecule has 1 N–H and O–H groups in total. The van der Waals surface area contributed by atoms with Crippen LogP contribution in [0.15, 0.2) is 0 Å². The van der Waals surface area contributed by atoms with E-state index < -0.39 is 0 Å². The lowest BCUT2D eigenvalue weighted by Gasteiger charge is -2.30. The van der Waals surface area contributed by atoms with Gasteiger partial charge in [0.2, 0.25) is 0 Å². The molecule has 2 nitrogen and oxygen atoms in total. The molecule has 0 bridgehead atoms. The van der Waals surface area contributed by atoms with Crippen LogP contribution in [-0.4, -0.2) is 12.1 Å². The van der Waals surface area contributed by atoms with Crippen LogP contribution >= 0.6 is 0 Å². The van der Waals surface area contributed by atoms with Crippen LogP contribution < -0.4 is 5.32 Å². The van der Waals surface area contributed by atoms with E-state index in [0.717, 1.165) is 5.92 Å². The molecule has 0 aromatic heterocycles. The Kier molecular flexibility index (Phi) is 3.08. The lowest BCUT2D eigenvalue weighted by Crippen LogP contribution is -2.38. The van der Waals surface area contributed by atoms with Gasteiger partial charge < -0.3 is 0 Å². The molecule has 2 aliphatic rings. The molecular weight excluding hydrogens is 172 g/mol. The van der Waals surface area contributed by atoms with E-state index in [9.17, 15) is 0 Å². The summed E-state index contributed by atoms with van der Waals surface area (Å²) in [5.74, 6) is 1.44. The van der Waals surface area contributed by atoms with Crippen molar-refractivity contribution in [1.29, 1.82) is 5.26 Å². The molecule has 2 rings (SSSR count). The third-order valence-corrected chi connectivity index (χ3v) is 3.58. The molecule has 3 atom stereocenters. The van der Waals surface area contributed by atoms with E-state index in [1.165, 1.54) is 38.5 Å². The Morgan fingerprint density at radius 1 is 1.29 bits per heavy atom. The number of hydrogen-bond donors (Lipinski definition) is 1. The Morgan fingerprint density at radius 3 is 2.64 bits per heavy atom. The monoisotopic (exact) mass is 192 g/mol. The fraction of sp³-hybridized carbons (Fsp3) is 0.917. The standard InChI is InChI=1S/C12H20N2/c1-9-3-2-4-10(7-9)12(8-13)14-11-5-6-11/h9-12,14H,2-7H2,1H3. The van der Waals surface area contributed by atoms with Gasteiger partial charge >= 0.3 is 0 Å². The van der Waals surface area contributed by atoms with Crippen molar-refractivity contribution in [3.63, 3.8) is 0 Å². The highest BCUT2D eigenvalue weighted by molar-refractivity contribution is 5.00. The summed E-state index contributed by atoms with van der Waals surface area (Å²) in [5.41, 5.74) is 0. The molecule has 0 saturated heterocycles. The van der Waals surface area contributed by atoms with Crippen molar-refractivity contribution in [3.8, 4) is 6.07 Å². The molecule has 0 heterocycles. The lowest BCUT2D eigenvalue weighted by atomic mass is 9.79. The molecule has 14 heavy (non-hydrogen) atoms. The Labute approximate surface area is 86.7 Å². The summed E-state index contributed by atoms with van der Waals surface area (Å²) in [5, 5.41) is 12.6. The molecule has 0 radical (unpaired) electrons. The molecule has 2 fully saturated rings. The molecule has 0 aromatic carbocycles. The number of nitrogens with one attached hydrogen (secondary N) is 1. The van der Waals surface area contributed by atoms with E-state index in [1.807, 2.05) is 0 Å². The molecule has 2 saturated carbocycles. The zero-order valence-electron chi connectivity index (χ0n) is 9.00. The minimum Gasteiger partial charge on any atom is -0.299 e. The van der Waals surface area contributed by atoms with Gasteiger partial charge in [-0.15, -0.1) is 0 Å². The van der Waals surface area contributed by atoms with Gasteiger partial charge in [-0.1, -0.05) is 19.8 Å². The van der Waals surface area contributed by atoms with Crippen LogP contribution in [0.5, 0.6) is 0 Å². The summed E-state index contributed by atoms with van der Waals surface area (Å²) < 4.78 is 0. The molecule has 0 amide bonds. The molecule has 2 aliphatic carbocycles. The SMILES string of the molecule is CC1CCCC(C(C#N)NC2CC2)C1. The zero-order valence-corrected chi connectivity index (χ0v) is 9.00. The van der Waals surface area contributed by atoms with Gasteiger partial charge in [0.15, 0.2) is 0 Å². The van der Waals surface area contributed by atoms with Crippen LogP contribution in [-0.2, 0) is 0 Å². The smallest absolute Gasteiger partial charge is 0.0983 e. The van der Waals surface area contributed by atoms with E-state index in [0.29, 0.717) is 12.0 Å². The summed E-state index contributed by atoms with van der Waals surface area (Å²) in [6.45, 7) is 2.32. The molecule has 78 valence electrons. The predicted octanol–water partition coefficient (Wildman–Crippen LogP) is 2.46. The third-order valence-electron chi connectivity index (χ3n) is 3.58. The van der Waals surface area contributed by atoms with E-state index in [4.69, 9.17) is 5.26 Å². The summed E-state index contributed by atoms with van der Waals surface area (Å²) >= 11 is 0. The van der Waals surface area contributed by atoms with Crippen LogP contribution in [0.2, 0.25) is 0 Å². The average molecular weight is 192 g/mol. The maximum absolute atomic E-state index is 9.13. The maximum Gasteiger partial charge on any atom is 0.0983 e. The van der Waals surface area contributed by atoms with Crippen LogP contribution in [0.3, 0.4) is 0 Å². The second kappa shape index (κ2) is 4.31. The van der Waals surface area contributed by atoms with Crippen molar-refractivity contribution in [2.75, 3.05) is 0 Å². The van der Waals surface area contributed by atoms with E-state index >= 15 is 0 Å². The summed E-state index contributed by atoms with van der Waals surface area (Å²) in [6, 6.07) is 3.25. The van der Waals surface area contributed by atoms with Crippen molar-refractivity contribution in [3.05, 3.63) is 0 Å². The minimum absolute atomic E-state index is 0.130. The van der Waals surface area contributed by atoms with Crippen molar-refractivity contribution >= 4 is 0 Å². The first-order valence-corrected chi connectivity index (χ1v) is 5.95. The van der Waals surface area contributed by atoms with Crippen LogP contribution in [0.1, 0.15) is 45.4 Å². The van der Waals surface area contributed by atoms with E-state index in [-0.39, 0.29) is 6.04 Å². The molecule has 2 heteroatoms. The highest BCUT2D eigenvalue weighted by Gasteiger charge is 2.31. The van der Waals surface area contributed by atoms with Crippen molar-refractivity contribution < 1.29 is 0 Å². The molecular formula is C12H20N2. The fourth-order valence-electron chi connectivity index (χ4n) is 2.57. The highest BCUT2D eigenvalue weighted by atomic mass is 15.0. The number of nitrogens with zero attached hydrogens (tertiary/aromatic N) is 1. The normalized spacial score (nSPS) is 34.9. The molecule has 0 aromatic rings. The summed E-state index contributed by atoms with van der Waals surface area (Å²) in [6.07, 6.45) is 7.73. The Hall–Kier alpha value is -0.550. The average Bonchev–Trinajstić information content (AvgIpc) is 2.98. The molecule has 3 unspecified atom stereocenters. The van der Waals surface area contributed by atoms with Gasteiger partial charge in [-0.2, -0.15) is 5.26 Å². The van der Waals surface area contributed by atoms with Gasteiger partial charge in [0.1, 0.15) is 0 Å². The van der Waals surface area contributed by atoms with Crippen LogP contribution in [0.4, 0.5) is 0 Å². The van der Waals surface area contributed by atoms with Gasteiger partial charge in [-0.3, -0.25) is 5.32 Å². The van der Waals surface area contributed by atoms with Crippen LogP contribution in [0, 0.1) is 23.2 Å². The van der Waals surface area contributed by atoms with Gasteiger partial charge in [0.05, 0.1) is 12.1 Å². The predicted molar refractivity (Wildman–Crippen MR) is 56.7 cm³/mol. The zero-order chi connectivity index (χ0) is 9.97. The lowest BCUT2D eigenvalue weighted by molar-refractivity contribution is 0.247. The fourth-order valence-corrected chi connectivity index (χ4v) is 2.57. The molecule has 0 spiro atoms. The summed E-state index contributed by atoms with van der Waals surface area (Å²) in [7, 11) is 0. The largest absolute Gasteiger partial charge is 0.299 e. The number of nitriles is 1. The van der Waals surface area contributed by atoms with Gasteiger partial charge in [0, 0.05) is 6.04 Å². The second-order valence-electron chi connectivity index (χ2n) is 5.08. The van der Waals surface area contributed by atoms with E-state index in [1.54, 1.807) is 0 Å². The van der Waals surface area contributed by atoms with E-state index in [2.05, 4.69) is 18.3 Å². The van der Waals surface area contributed by atoms with Gasteiger partial charge in [-0.25, -0.2) is 0 Å². The van der Waals surface area contributed by atoms with Gasteiger partial charge in [0.25, 0.3) is 0 Å². The Balaban J connectivity index is 1.86.